The molecule has 2 N–H and O–H groups in total. The van der Waals surface area contributed by atoms with Crippen molar-refractivity contribution in [2.24, 2.45) is 0 Å². The first-order valence-corrected chi connectivity index (χ1v) is 8.88. The molecule has 0 aromatic heterocycles. The van der Waals surface area contributed by atoms with Gasteiger partial charge in [0, 0.05) is 24.7 Å². The Morgan fingerprint density at radius 2 is 1.79 bits per heavy atom. The van der Waals surface area contributed by atoms with Gasteiger partial charge in [-0.05, 0) is 57.1 Å². The molecule has 2 aliphatic rings. The standard InChI is InChI=1S/C19H26N2O3/c1-14-6-2-3-7-16(14)17(22)20-15-8-12-21(13-9-15)18(23)19(24)10-4-5-11-19/h2-3,6-7,15,24H,4-5,8-13H2,1H3,(H,20,22). The summed E-state index contributed by atoms with van der Waals surface area (Å²) in [7, 11) is 0. The number of carbonyl (C=O) groups excluding carboxylic acids is 2. The first kappa shape index (κ1) is 17.0. The average molecular weight is 330 g/mol. The highest BCUT2D eigenvalue weighted by atomic mass is 16.3. The van der Waals surface area contributed by atoms with Crippen LogP contribution in [0.2, 0.25) is 0 Å². The molecule has 1 saturated heterocycles. The largest absolute Gasteiger partial charge is 0.380 e. The molecular formula is C19H26N2O3. The van der Waals surface area contributed by atoms with Crippen molar-refractivity contribution < 1.29 is 14.7 Å². The van der Waals surface area contributed by atoms with Gasteiger partial charge >= 0.3 is 0 Å². The highest BCUT2D eigenvalue weighted by Gasteiger charge is 2.42. The number of aliphatic hydroxyl groups is 1. The zero-order chi connectivity index (χ0) is 17.2. The van der Waals surface area contributed by atoms with Gasteiger partial charge in [0.15, 0.2) is 0 Å². The van der Waals surface area contributed by atoms with Gasteiger partial charge in [0.1, 0.15) is 5.60 Å². The van der Waals surface area contributed by atoms with E-state index in [0.29, 0.717) is 31.5 Å². The zero-order valence-corrected chi connectivity index (χ0v) is 14.3. The number of carbonyl (C=O) groups is 2. The molecule has 1 heterocycles. The molecule has 3 rings (SSSR count). The summed E-state index contributed by atoms with van der Waals surface area (Å²) < 4.78 is 0. The maximum Gasteiger partial charge on any atom is 0.254 e. The van der Waals surface area contributed by atoms with Crippen LogP contribution < -0.4 is 5.32 Å². The molecule has 1 aromatic rings. The number of hydrogen-bond acceptors (Lipinski definition) is 3. The number of amides is 2. The molecule has 0 atom stereocenters. The van der Waals surface area contributed by atoms with Crippen molar-refractivity contribution in [2.75, 3.05) is 13.1 Å². The van der Waals surface area contributed by atoms with E-state index >= 15 is 0 Å². The first-order chi connectivity index (χ1) is 11.5. The molecule has 2 amide bonds. The Hall–Kier alpha value is -1.88. The molecule has 24 heavy (non-hydrogen) atoms. The monoisotopic (exact) mass is 330 g/mol. The van der Waals surface area contributed by atoms with Gasteiger partial charge in [0.05, 0.1) is 0 Å². The van der Waals surface area contributed by atoms with Crippen molar-refractivity contribution in [3.8, 4) is 0 Å². The Kier molecular flexibility index (Phi) is 4.90. The number of likely N-dealkylation sites (tertiary alicyclic amines) is 1. The van der Waals surface area contributed by atoms with Crippen LogP contribution in [-0.4, -0.2) is 46.6 Å². The normalized spacial score (nSPS) is 20.8. The van der Waals surface area contributed by atoms with Crippen LogP contribution in [0, 0.1) is 6.92 Å². The molecule has 130 valence electrons. The lowest BCUT2D eigenvalue weighted by Gasteiger charge is -2.36. The highest BCUT2D eigenvalue weighted by Crippen LogP contribution is 2.32. The van der Waals surface area contributed by atoms with Crippen molar-refractivity contribution in [1.82, 2.24) is 10.2 Å². The Morgan fingerprint density at radius 1 is 1.17 bits per heavy atom. The van der Waals surface area contributed by atoms with E-state index in [0.717, 1.165) is 31.2 Å². The van der Waals surface area contributed by atoms with E-state index in [2.05, 4.69) is 5.32 Å². The molecule has 0 spiro atoms. The van der Waals surface area contributed by atoms with Gasteiger partial charge in [-0.15, -0.1) is 0 Å². The topological polar surface area (TPSA) is 69.6 Å². The third-order valence-corrected chi connectivity index (χ3v) is 5.34. The van der Waals surface area contributed by atoms with Crippen LogP contribution in [0.5, 0.6) is 0 Å². The van der Waals surface area contributed by atoms with Gasteiger partial charge in [-0.1, -0.05) is 18.2 Å². The van der Waals surface area contributed by atoms with Crippen LogP contribution in [0.1, 0.15) is 54.4 Å². The Bertz CT molecular complexity index is 615. The number of benzene rings is 1. The van der Waals surface area contributed by atoms with E-state index in [4.69, 9.17) is 0 Å². The van der Waals surface area contributed by atoms with E-state index in [9.17, 15) is 14.7 Å². The summed E-state index contributed by atoms with van der Waals surface area (Å²) in [6, 6.07) is 7.63. The molecule has 5 nitrogen and oxygen atoms in total. The fourth-order valence-electron chi connectivity index (χ4n) is 3.79. The van der Waals surface area contributed by atoms with Crippen molar-refractivity contribution in [3.05, 3.63) is 35.4 Å². The van der Waals surface area contributed by atoms with Crippen LogP contribution in [0.15, 0.2) is 24.3 Å². The lowest BCUT2D eigenvalue weighted by atomic mass is 9.97. The van der Waals surface area contributed by atoms with Crippen LogP contribution in [-0.2, 0) is 4.79 Å². The Morgan fingerprint density at radius 3 is 2.42 bits per heavy atom. The minimum absolute atomic E-state index is 0.0488. The number of piperidine rings is 1. The summed E-state index contributed by atoms with van der Waals surface area (Å²) in [6.07, 6.45) is 4.47. The summed E-state index contributed by atoms with van der Waals surface area (Å²) >= 11 is 0. The second-order valence-electron chi connectivity index (χ2n) is 7.09. The number of nitrogens with one attached hydrogen (secondary N) is 1. The maximum atomic E-state index is 12.5. The number of aryl methyl sites for hydroxylation is 1. The van der Waals surface area contributed by atoms with Gasteiger partial charge < -0.3 is 15.3 Å². The summed E-state index contributed by atoms with van der Waals surface area (Å²) in [6.45, 7) is 3.12. The number of nitrogens with zero attached hydrogens (tertiary/aromatic N) is 1. The van der Waals surface area contributed by atoms with Gasteiger partial charge in [0.2, 0.25) is 0 Å². The fraction of sp³-hybridized carbons (Fsp3) is 0.579. The van der Waals surface area contributed by atoms with Crippen LogP contribution in [0.4, 0.5) is 0 Å². The van der Waals surface area contributed by atoms with Crippen LogP contribution >= 0.6 is 0 Å². The van der Waals surface area contributed by atoms with Crippen LogP contribution in [0.25, 0.3) is 0 Å². The van der Waals surface area contributed by atoms with Crippen molar-refractivity contribution in [1.29, 1.82) is 0 Å². The van der Waals surface area contributed by atoms with Gasteiger partial charge in [-0.3, -0.25) is 9.59 Å². The predicted molar refractivity (Wildman–Crippen MR) is 91.7 cm³/mol. The number of hydrogen-bond donors (Lipinski definition) is 2. The molecular weight excluding hydrogens is 304 g/mol. The molecule has 0 unspecified atom stereocenters. The van der Waals surface area contributed by atoms with Gasteiger partial charge in [0.25, 0.3) is 11.8 Å². The van der Waals surface area contributed by atoms with Crippen molar-refractivity contribution in [3.63, 3.8) is 0 Å². The molecule has 1 aliphatic heterocycles. The second kappa shape index (κ2) is 6.93. The maximum absolute atomic E-state index is 12.5. The predicted octanol–water partition coefficient (Wildman–Crippen LogP) is 2.02. The minimum atomic E-state index is -1.14. The summed E-state index contributed by atoms with van der Waals surface area (Å²) in [5.74, 6) is -0.170. The molecule has 0 radical (unpaired) electrons. The van der Waals surface area contributed by atoms with Crippen molar-refractivity contribution in [2.45, 2.75) is 57.1 Å². The van der Waals surface area contributed by atoms with E-state index in [-0.39, 0.29) is 17.9 Å². The zero-order valence-electron chi connectivity index (χ0n) is 14.3. The summed E-state index contributed by atoms with van der Waals surface area (Å²) in [5.41, 5.74) is 0.527. The molecule has 0 bridgehead atoms. The second-order valence-corrected chi connectivity index (χ2v) is 7.09. The van der Waals surface area contributed by atoms with E-state index in [1.165, 1.54) is 0 Å². The third kappa shape index (κ3) is 3.46. The first-order valence-electron chi connectivity index (χ1n) is 8.88. The Balaban J connectivity index is 1.53. The summed E-state index contributed by atoms with van der Waals surface area (Å²) in [4.78, 5) is 26.6. The van der Waals surface area contributed by atoms with E-state index < -0.39 is 5.60 Å². The van der Waals surface area contributed by atoms with Gasteiger partial charge in [-0.2, -0.15) is 0 Å². The molecule has 1 saturated carbocycles. The smallest absolute Gasteiger partial charge is 0.254 e. The highest BCUT2D eigenvalue weighted by molar-refractivity contribution is 5.95. The van der Waals surface area contributed by atoms with Gasteiger partial charge in [-0.25, -0.2) is 0 Å². The molecule has 2 fully saturated rings. The molecule has 1 aliphatic carbocycles. The molecule has 5 heteroatoms. The fourth-order valence-corrected chi connectivity index (χ4v) is 3.79. The quantitative estimate of drug-likeness (QED) is 0.891. The minimum Gasteiger partial charge on any atom is -0.380 e. The van der Waals surface area contributed by atoms with E-state index in [1.807, 2.05) is 31.2 Å². The lowest BCUT2D eigenvalue weighted by Crippen LogP contribution is -2.53. The lowest BCUT2D eigenvalue weighted by molar-refractivity contribution is -0.151. The third-order valence-electron chi connectivity index (χ3n) is 5.34. The van der Waals surface area contributed by atoms with Crippen molar-refractivity contribution >= 4 is 11.8 Å². The average Bonchev–Trinajstić information content (AvgIpc) is 3.03. The van der Waals surface area contributed by atoms with Crippen LogP contribution in [0.3, 0.4) is 0 Å². The molecule has 1 aromatic carbocycles. The number of rotatable bonds is 3. The van der Waals surface area contributed by atoms with E-state index in [1.54, 1.807) is 4.90 Å². The SMILES string of the molecule is Cc1ccccc1C(=O)NC1CCN(C(=O)C2(O)CCCC2)CC1. The Labute approximate surface area is 143 Å². The summed E-state index contributed by atoms with van der Waals surface area (Å²) in [5, 5.41) is 13.5.